The van der Waals surface area contributed by atoms with Crippen molar-refractivity contribution in [1.82, 2.24) is 10.3 Å². The highest BCUT2D eigenvalue weighted by Crippen LogP contribution is 2.26. The molecule has 1 unspecified atom stereocenters. The fourth-order valence-corrected chi connectivity index (χ4v) is 2.72. The van der Waals surface area contributed by atoms with E-state index in [0.717, 1.165) is 30.5 Å². The van der Waals surface area contributed by atoms with Gasteiger partial charge in [-0.15, -0.1) is 0 Å². The van der Waals surface area contributed by atoms with Gasteiger partial charge in [-0.05, 0) is 57.8 Å². The van der Waals surface area contributed by atoms with Gasteiger partial charge in [0.1, 0.15) is 5.82 Å². The third-order valence-electron chi connectivity index (χ3n) is 3.49. The summed E-state index contributed by atoms with van der Waals surface area (Å²) in [5.74, 6) is 1.61. The van der Waals surface area contributed by atoms with E-state index in [1.807, 2.05) is 18.3 Å². The molecule has 0 saturated carbocycles. The molecule has 1 saturated heterocycles. The summed E-state index contributed by atoms with van der Waals surface area (Å²) < 4.78 is 0. The number of aromatic nitrogens is 1. The van der Waals surface area contributed by atoms with Crippen LogP contribution in [0.15, 0.2) is 18.3 Å². The van der Waals surface area contributed by atoms with Gasteiger partial charge in [-0.3, -0.25) is 0 Å². The minimum absolute atomic E-state index is 0.416. The molecule has 4 heteroatoms. The van der Waals surface area contributed by atoms with Gasteiger partial charge in [0.05, 0.1) is 5.02 Å². The van der Waals surface area contributed by atoms with Crippen molar-refractivity contribution in [2.75, 3.05) is 24.5 Å². The fourth-order valence-electron chi connectivity index (χ4n) is 2.49. The SMILES string of the molecule is CC(C)N(CC1CCCNC1)c1ncccc1Cl. The normalized spacial score (nSPS) is 20.1. The summed E-state index contributed by atoms with van der Waals surface area (Å²) >= 11 is 6.26. The Morgan fingerprint density at radius 2 is 2.39 bits per heavy atom. The van der Waals surface area contributed by atoms with Gasteiger partial charge >= 0.3 is 0 Å². The van der Waals surface area contributed by atoms with Crippen LogP contribution in [0.5, 0.6) is 0 Å². The Kier molecular flexibility index (Phi) is 4.84. The molecule has 1 aliphatic rings. The van der Waals surface area contributed by atoms with Crippen molar-refractivity contribution in [3.05, 3.63) is 23.4 Å². The summed E-state index contributed by atoms with van der Waals surface area (Å²) in [6.45, 7) is 7.68. The van der Waals surface area contributed by atoms with Crippen LogP contribution in [0.25, 0.3) is 0 Å². The first-order valence-electron chi connectivity index (χ1n) is 6.76. The lowest BCUT2D eigenvalue weighted by Gasteiger charge is -2.34. The molecular weight excluding hydrogens is 246 g/mol. The van der Waals surface area contributed by atoms with Crippen molar-refractivity contribution in [1.29, 1.82) is 0 Å². The molecule has 0 aromatic carbocycles. The summed E-state index contributed by atoms with van der Waals surface area (Å²) in [5, 5.41) is 4.21. The number of pyridine rings is 1. The van der Waals surface area contributed by atoms with Crippen LogP contribution in [-0.4, -0.2) is 30.7 Å². The smallest absolute Gasteiger partial charge is 0.147 e. The van der Waals surface area contributed by atoms with E-state index in [4.69, 9.17) is 11.6 Å². The first-order chi connectivity index (χ1) is 8.68. The Morgan fingerprint density at radius 3 is 3.00 bits per heavy atom. The number of nitrogens with one attached hydrogen (secondary N) is 1. The van der Waals surface area contributed by atoms with Crippen molar-refractivity contribution < 1.29 is 0 Å². The monoisotopic (exact) mass is 267 g/mol. The second-order valence-electron chi connectivity index (χ2n) is 5.27. The van der Waals surface area contributed by atoms with Gasteiger partial charge in [0, 0.05) is 18.8 Å². The molecule has 0 aliphatic carbocycles. The molecule has 0 radical (unpaired) electrons. The average Bonchev–Trinajstić information content (AvgIpc) is 2.38. The van der Waals surface area contributed by atoms with Crippen molar-refractivity contribution in [2.45, 2.75) is 32.7 Å². The molecule has 1 aliphatic heterocycles. The van der Waals surface area contributed by atoms with E-state index in [-0.39, 0.29) is 0 Å². The van der Waals surface area contributed by atoms with E-state index in [0.29, 0.717) is 12.0 Å². The molecule has 3 nitrogen and oxygen atoms in total. The van der Waals surface area contributed by atoms with Gasteiger partial charge in [-0.1, -0.05) is 11.6 Å². The van der Waals surface area contributed by atoms with E-state index in [1.165, 1.54) is 12.8 Å². The van der Waals surface area contributed by atoms with Crippen LogP contribution < -0.4 is 10.2 Å². The predicted molar refractivity (Wildman–Crippen MR) is 77.3 cm³/mol. The summed E-state index contributed by atoms with van der Waals surface area (Å²) in [7, 11) is 0. The zero-order chi connectivity index (χ0) is 13.0. The zero-order valence-corrected chi connectivity index (χ0v) is 12.0. The number of halogens is 1. The molecule has 1 aromatic heterocycles. The van der Waals surface area contributed by atoms with Crippen LogP contribution in [-0.2, 0) is 0 Å². The Labute approximate surface area is 115 Å². The van der Waals surface area contributed by atoms with Crippen LogP contribution in [0, 0.1) is 5.92 Å². The number of rotatable bonds is 4. The van der Waals surface area contributed by atoms with Crippen molar-refractivity contribution in [3.63, 3.8) is 0 Å². The number of hydrogen-bond acceptors (Lipinski definition) is 3. The lowest BCUT2D eigenvalue weighted by molar-refractivity contribution is 0.370. The van der Waals surface area contributed by atoms with Crippen molar-refractivity contribution in [2.24, 2.45) is 5.92 Å². The Bertz CT molecular complexity index is 375. The second-order valence-corrected chi connectivity index (χ2v) is 5.67. The van der Waals surface area contributed by atoms with E-state index >= 15 is 0 Å². The number of hydrogen-bond donors (Lipinski definition) is 1. The van der Waals surface area contributed by atoms with Gasteiger partial charge in [-0.25, -0.2) is 4.98 Å². The van der Waals surface area contributed by atoms with Crippen LogP contribution >= 0.6 is 11.6 Å². The Hall–Kier alpha value is -0.800. The molecule has 2 heterocycles. The highest BCUT2D eigenvalue weighted by molar-refractivity contribution is 6.32. The molecule has 18 heavy (non-hydrogen) atoms. The lowest BCUT2D eigenvalue weighted by Crippen LogP contribution is -2.41. The third kappa shape index (κ3) is 3.36. The molecule has 0 bridgehead atoms. The van der Waals surface area contributed by atoms with E-state index < -0.39 is 0 Å². The van der Waals surface area contributed by atoms with Crippen molar-refractivity contribution in [3.8, 4) is 0 Å². The summed E-state index contributed by atoms with van der Waals surface area (Å²) in [6.07, 6.45) is 4.38. The third-order valence-corrected chi connectivity index (χ3v) is 3.78. The average molecular weight is 268 g/mol. The van der Waals surface area contributed by atoms with Crippen LogP contribution in [0.1, 0.15) is 26.7 Å². The van der Waals surface area contributed by atoms with Crippen LogP contribution in [0.2, 0.25) is 5.02 Å². The maximum atomic E-state index is 6.26. The Morgan fingerprint density at radius 1 is 1.56 bits per heavy atom. The molecule has 1 aromatic rings. The number of anilines is 1. The van der Waals surface area contributed by atoms with E-state index in [9.17, 15) is 0 Å². The van der Waals surface area contributed by atoms with Gasteiger partial charge in [0.15, 0.2) is 0 Å². The summed E-state index contributed by atoms with van der Waals surface area (Å²) in [6, 6.07) is 4.21. The number of piperidine rings is 1. The van der Waals surface area contributed by atoms with Gasteiger partial charge in [0.2, 0.25) is 0 Å². The van der Waals surface area contributed by atoms with Crippen molar-refractivity contribution >= 4 is 17.4 Å². The van der Waals surface area contributed by atoms with Gasteiger partial charge < -0.3 is 10.2 Å². The number of nitrogens with zero attached hydrogens (tertiary/aromatic N) is 2. The lowest BCUT2D eigenvalue weighted by atomic mass is 9.98. The Balaban J connectivity index is 2.10. The quantitative estimate of drug-likeness (QED) is 0.909. The molecule has 0 spiro atoms. The highest BCUT2D eigenvalue weighted by atomic mass is 35.5. The second kappa shape index (κ2) is 6.39. The molecule has 1 fully saturated rings. The maximum Gasteiger partial charge on any atom is 0.147 e. The minimum Gasteiger partial charge on any atom is -0.353 e. The van der Waals surface area contributed by atoms with Gasteiger partial charge in [0.25, 0.3) is 0 Å². The molecule has 100 valence electrons. The first-order valence-corrected chi connectivity index (χ1v) is 7.14. The highest BCUT2D eigenvalue weighted by Gasteiger charge is 2.21. The van der Waals surface area contributed by atoms with E-state index in [2.05, 4.69) is 29.0 Å². The fraction of sp³-hybridized carbons (Fsp3) is 0.643. The topological polar surface area (TPSA) is 28.2 Å². The predicted octanol–water partition coefficient (Wildman–Crippen LogP) is 2.95. The molecule has 2 rings (SSSR count). The summed E-state index contributed by atoms with van der Waals surface area (Å²) in [4.78, 5) is 6.76. The van der Waals surface area contributed by atoms with Crippen LogP contribution in [0.3, 0.4) is 0 Å². The van der Waals surface area contributed by atoms with Gasteiger partial charge in [-0.2, -0.15) is 0 Å². The zero-order valence-electron chi connectivity index (χ0n) is 11.2. The molecule has 0 amide bonds. The standard InChI is InChI=1S/C14H22ClN3/c1-11(2)18(10-12-5-3-7-16-9-12)14-13(15)6-4-8-17-14/h4,6,8,11-12,16H,3,5,7,9-10H2,1-2H3. The largest absolute Gasteiger partial charge is 0.353 e. The molecule has 1 N–H and O–H groups in total. The summed E-state index contributed by atoms with van der Waals surface area (Å²) in [5.41, 5.74) is 0. The first kappa shape index (κ1) is 13.6. The molecular formula is C14H22ClN3. The van der Waals surface area contributed by atoms with Crippen LogP contribution in [0.4, 0.5) is 5.82 Å². The maximum absolute atomic E-state index is 6.26. The minimum atomic E-state index is 0.416. The van der Waals surface area contributed by atoms with E-state index in [1.54, 1.807) is 0 Å². The molecule has 1 atom stereocenters.